The van der Waals surface area contributed by atoms with Crippen LogP contribution in [0, 0.1) is 0 Å². The fraction of sp³-hybridized carbons (Fsp3) is 0.400. The maximum atomic E-state index is 13.1. The molecular weight excluding hydrogens is 454 g/mol. The van der Waals surface area contributed by atoms with Crippen LogP contribution in [-0.4, -0.2) is 55.9 Å². The molecule has 0 atom stereocenters. The van der Waals surface area contributed by atoms with Crippen molar-refractivity contribution in [1.29, 1.82) is 0 Å². The Balaban J connectivity index is 1.35. The molecule has 1 aromatic heterocycles. The summed E-state index contributed by atoms with van der Waals surface area (Å²) >= 11 is 1.64. The Morgan fingerprint density at radius 1 is 0.970 bits per heavy atom. The number of sulfonamides is 1. The summed E-state index contributed by atoms with van der Waals surface area (Å²) in [4.78, 5) is 7.42. The van der Waals surface area contributed by atoms with Gasteiger partial charge in [-0.3, -0.25) is 4.90 Å². The number of rotatable bonds is 6. The molecule has 0 spiro atoms. The quantitative estimate of drug-likeness (QED) is 0.510. The zero-order chi connectivity index (χ0) is 23.6. The van der Waals surface area contributed by atoms with Gasteiger partial charge in [0.05, 0.1) is 24.2 Å². The molecule has 6 nitrogen and oxygen atoms in total. The first kappa shape index (κ1) is 23.9. The molecule has 0 saturated carbocycles. The molecule has 8 heteroatoms. The summed E-state index contributed by atoms with van der Waals surface area (Å²) in [5, 5.41) is 3.11. The van der Waals surface area contributed by atoms with E-state index < -0.39 is 10.0 Å². The number of nitrogens with zero attached hydrogens (tertiary/aromatic N) is 3. The second kappa shape index (κ2) is 9.54. The van der Waals surface area contributed by atoms with E-state index in [2.05, 4.69) is 31.1 Å². The van der Waals surface area contributed by atoms with Gasteiger partial charge in [0.15, 0.2) is 0 Å². The average molecular weight is 486 g/mol. The summed E-state index contributed by atoms with van der Waals surface area (Å²) in [5.74, 6) is 0.826. The van der Waals surface area contributed by atoms with Crippen LogP contribution >= 0.6 is 11.3 Å². The van der Waals surface area contributed by atoms with Crippen LogP contribution in [0.15, 0.2) is 58.8 Å². The van der Waals surface area contributed by atoms with E-state index in [1.54, 1.807) is 34.9 Å². The fourth-order valence-corrected chi connectivity index (χ4v) is 6.14. The Morgan fingerprint density at radius 3 is 2.18 bits per heavy atom. The minimum absolute atomic E-state index is 0.00299. The van der Waals surface area contributed by atoms with Crippen molar-refractivity contribution in [3.05, 3.63) is 64.5 Å². The van der Waals surface area contributed by atoms with Gasteiger partial charge in [-0.15, -0.1) is 11.3 Å². The highest BCUT2D eigenvalue weighted by Crippen LogP contribution is 2.27. The Morgan fingerprint density at radius 2 is 1.61 bits per heavy atom. The number of ether oxygens (including phenoxy) is 1. The Bertz CT molecular complexity index is 1170. The topological polar surface area (TPSA) is 62.7 Å². The molecule has 1 fully saturated rings. The summed E-state index contributed by atoms with van der Waals surface area (Å²) in [6.07, 6.45) is 0. The first-order valence-corrected chi connectivity index (χ1v) is 13.4. The van der Waals surface area contributed by atoms with Crippen LogP contribution < -0.4 is 4.74 Å². The zero-order valence-corrected chi connectivity index (χ0v) is 21.2. The summed E-state index contributed by atoms with van der Waals surface area (Å²) in [7, 11) is -1.82. The molecule has 0 bridgehead atoms. The van der Waals surface area contributed by atoms with E-state index in [0.29, 0.717) is 31.1 Å². The molecule has 0 amide bonds. The van der Waals surface area contributed by atoms with Gasteiger partial charge in [0.25, 0.3) is 0 Å². The molecule has 2 aromatic carbocycles. The lowest BCUT2D eigenvalue weighted by molar-refractivity contribution is 0.181. The molecule has 0 unspecified atom stereocenters. The van der Waals surface area contributed by atoms with E-state index >= 15 is 0 Å². The monoisotopic (exact) mass is 485 g/mol. The summed E-state index contributed by atoms with van der Waals surface area (Å²) in [6.45, 7) is 9.46. The molecule has 1 saturated heterocycles. The number of methoxy groups -OCH3 is 1. The maximum absolute atomic E-state index is 13.1. The summed E-state index contributed by atoms with van der Waals surface area (Å²) < 4.78 is 33.0. The van der Waals surface area contributed by atoms with Crippen molar-refractivity contribution in [2.24, 2.45) is 0 Å². The van der Waals surface area contributed by atoms with E-state index in [9.17, 15) is 8.42 Å². The van der Waals surface area contributed by atoms with Crippen LogP contribution in [0.2, 0.25) is 0 Å². The van der Waals surface area contributed by atoms with Gasteiger partial charge >= 0.3 is 0 Å². The molecule has 0 N–H and O–H groups in total. The molecule has 1 aliphatic rings. The van der Waals surface area contributed by atoms with Gasteiger partial charge in [-0.1, -0.05) is 32.9 Å². The van der Waals surface area contributed by atoms with Gasteiger partial charge in [-0.25, -0.2) is 13.4 Å². The van der Waals surface area contributed by atoms with Gasteiger partial charge in [-0.2, -0.15) is 4.31 Å². The van der Waals surface area contributed by atoms with Crippen molar-refractivity contribution in [3.63, 3.8) is 0 Å². The van der Waals surface area contributed by atoms with Crippen molar-refractivity contribution in [1.82, 2.24) is 14.2 Å². The third-order valence-electron chi connectivity index (χ3n) is 5.99. The van der Waals surface area contributed by atoms with Crippen molar-refractivity contribution >= 4 is 21.4 Å². The molecule has 4 rings (SSSR count). The van der Waals surface area contributed by atoms with Crippen LogP contribution in [0.4, 0.5) is 0 Å². The summed E-state index contributed by atoms with van der Waals surface area (Å²) in [6, 6.07) is 15.2. The summed E-state index contributed by atoms with van der Waals surface area (Å²) in [5.41, 5.74) is 3.14. The van der Waals surface area contributed by atoms with Gasteiger partial charge in [-0.05, 0) is 47.4 Å². The van der Waals surface area contributed by atoms with Gasteiger partial charge < -0.3 is 4.74 Å². The maximum Gasteiger partial charge on any atom is 0.243 e. The molecule has 2 heterocycles. The molecule has 0 aliphatic carbocycles. The zero-order valence-electron chi connectivity index (χ0n) is 19.6. The highest BCUT2D eigenvalue weighted by atomic mass is 32.2. The van der Waals surface area contributed by atoms with Crippen molar-refractivity contribution in [2.45, 2.75) is 37.6 Å². The first-order valence-electron chi connectivity index (χ1n) is 11.1. The molecular formula is C25H31N3O3S2. The van der Waals surface area contributed by atoms with Crippen molar-refractivity contribution < 1.29 is 13.2 Å². The van der Waals surface area contributed by atoms with Crippen LogP contribution in [0.5, 0.6) is 5.75 Å². The lowest BCUT2D eigenvalue weighted by Crippen LogP contribution is -2.48. The third kappa shape index (κ3) is 5.46. The standard InChI is InChI=1S/C25H31N3O3S2/c1-25(2,3)20-7-11-22(12-8-20)33(29,30)28-15-13-27(14-16-28)17-24-26-23(18-32-24)19-5-9-21(31-4)10-6-19/h5-12,18H,13-17H2,1-4H3. The van der Waals surface area contributed by atoms with Crippen molar-refractivity contribution in [2.75, 3.05) is 33.3 Å². The predicted octanol–water partition coefficient (Wildman–Crippen LogP) is 4.62. The molecule has 33 heavy (non-hydrogen) atoms. The number of hydrogen-bond acceptors (Lipinski definition) is 6. The number of benzene rings is 2. The van der Waals surface area contributed by atoms with Gasteiger partial charge in [0.2, 0.25) is 10.0 Å². The highest BCUT2D eigenvalue weighted by Gasteiger charge is 2.29. The largest absolute Gasteiger partial charge is 0.497 e. The smallest absolute Gasteiger partial charge is 0.243 e. The first-order chi connectivity index (χ1) is 15.7. The van der Waals surface area contributed by atoms with E-state index in [4.69, 9.17) is 9.72 Å². The molecule has 176 valence electrons. The van der Waals surface area contributed by atoms with Gasteiger partial charge in [0, 0.05) is 37.1 Å². The number of thiazole rings is 1. The Kier molecular flexibility index (Phi) is 6.91. The van der Waals surface area contributed by atoms with E-state index in [1.165, 1.54) is 0 Å². The van der Waals surface area contributed by atoms with Crippen LogP contribution in [0.3, 0.4) is 0 Å². The minimum atomic E-state index is -3.47. The van der Waals surface area contributed by atoms with Crippen molar-refractivity contribution in [3.8, 4) is 17.0 Å². The average Bonchev–Trinajstić information content (AvgIpc) is 3.27. The van der Waals surface area contributed by atoms with E-state index in [0.717, 1.165) is 34.1 Å². The lowest BCUT2D eigenvalue weighted by atomic mass is 9.87. The number of hydrogen-bond donors (Lipinski definition) is 0. The highest BCUT2D eigenvalue weighted by molar-refractivity contribution is 7.89. The number of aromatic nitrogens is 1. The van der Waals surface area contributed by atoms with Crippen LogP contribution in [0.1, 0.15) is 31.3 Å². The van der Waals surface area contributed by atoms with Gasteiger partial charge in [0.1, 0.15) is 10.8 Å². The fourth-order valence-electron chi connectivity index (χ4n) is 3.87. The molecule has 1 aliphatic heterocycles. The second-order valence-corrected chi connectivity index (χ2v) is 12.2. The van der Waals surface area contributed by atoms with E-state index in [-0.39, 0.29) is 5.41 Å². The third-order valence-corrected chi connectivity index (χ3v) is 8.73. The second-order valence-electron chi connectivity index (χ2n) is 9.31. The predicted molar refractivity (Wildman–Crippen MR) is 133 cm³/mol. The number of piperazine rings is 1. The van der Waals surface area contributed by atoms with E-state index in [1.807, 2.05) is 36.4 Å². The van der Waals surface area contributed by atoms with Crippen LogP contribution in [0.25, 0.3) is 11.3 Å². The normalized spacial score (nSPS) is 16.1. The molecule has 0 radical (unpaired) electrons. The SMILES string of the molecule is COc1ccc(-c2csc(CN3CCN(S(=O)(=O)c4ccc(C(C)(C)C)cc4)CC3)n2)cc1. The lowest BCUT2D eigenvalue weighted by Gasteiger charge is -2.33. The van der Waals surface area contributed by atoms with Crippen LogP contribution in [-0.2, 0) is 22.0 Å². The minimum Gasteiger partial charge on any atom is -0.497 e. The molecule has 3 aromatic rings. The Labute approximate surface area is 200 Å². The Hall–Kier alpha value is -2.26.